The van der Waals surface area contributed by atoms with E-state index in [1.165, 1.54) is 12.1 Å². The summed E-state index contributed by atoms with van der Waals surface area (Å²) in [6, 6.07) is 2.94. The van der Waals surface area contributed by atoms with Crippen molar-refractivity contribution in [2.24, 2.45) is 0 Å². The summed E-state index contributed by atoms with van der Waals surface area (Å²) < 4.78 is 0. The maximum Gasteiger partial charge on any atom is 0.109 e. The third-order valence-corrected chi connectivity index (χ3v) is 2.96. The summed E-state index contributed by atoms with van der Waals surface area (Å²) in [5, 5.41) is 23.1. The van der Waals surface area contributed by atoms with E-state index < -0.39 is 12.2 Å². The Morgan fingerprint density at radius 2 is 1.69 bits per heavy atom. The molecule has 3 N–H and O–H groups in total. The Hall–Kier alpha value is -0.0300. The van der Waals surface area contributed by atoms with E-state index in [9.17, 15) is 10.2 Å². The number of aliphatic hydroxyl groups excluding tert-OH is 2. The Bertz CT molecular complexity index is 350. The minimum absolute atomic E-state index is 0.233. The standard InChI is InChI=1S/C10H12Cl3NO2/c1-14-4-8(15)10(16)9-6(12)2-5(11)3-7(9)13/h2-3,8,10,14-16H,4H2,1H3. The van der Waals surface area contributed by atoms with Crippen molar-refractivity contribution in [2.45, 2.75) is 12.2 Å². The quantitative estimate of drug-likeness (QED) is 0.795. The molecule has 0 saturated heterocycles. The van der Waals surface area contributed by atoms with Crippen LogP contribution in [0.25, 0.3) is 0 Å². The van der Waals surface area contributed by atoms with Gasteiger partial charge in [-0.2, -0.15) is 0 Å². The van der Waals surface area contributed by atoms with Crippen molar-refractivity contribution in [1.29, 1.82) is 0 Å². The summed E-state index contributed by atoms with van der Waals surface area (Å²) >= 11 is 17.6. The molecule has 1 rings (SSSR count). The Kier molecular flexibility index (Phi) is 5.31. The SMILES string of the molecule is CNCC(O)C(O)c1c(Cl)cc(Cl)cc1Cl. The second-order valence-corrected chi connectivity index (χ2v) is 4.60. The zero-order valence-corrected chi connectivity index (χ0v) is 10.8. The molecule has 0 aliphatic rings. The first-order valence-corrected chi connectivity index (χ1v) is 5.76. The molecule has 0 spiro atoms. The lowest BCUT2D eigenvalue weighted by molar-refractivity contribution is 0.0203. The fourth-order valence-electron chi connectivity index (χ4n) is 1.35. The van der Waals surface area contributed by atoms with Crippen LogP contribution < -0.4 is 5.32 Å². The zero-order chi connectivity index (χ0) is 12.3. The molecule has 2 unspecified atom stereocenters. The number of hydrogen-bond acceptors (Lipinski definition) is 3. The van der Waals surface area contributed by atoms with Crippen LogP contribution in [0.2, 0.25) is 15.1 Å². The molecule has 6 heteroatoms. The van der Waals surface area contributed by atoms with Crippen molar-refractivity contribution in [1.82, 2.24) is 5.32 Å². The lowest BCUT2D eigenvalue weighted by atomic mass is 10.0. The van der Waals surface area contributed by atoms with Crippen molar-refractivity contribution < 1.29 is 10.2 Å². The van der Waals surface area contributed by atoms with Crippen LogP contribution in [-0.4, -0.2) is 29.9 Å². The van der Waals surface area contributed by atoms with Crippen LogP contribution in [-0.2, 0) is 0 Å². The molecule has 2 atom stereocenters. The predicted molar refractivity (Wildman–Crippen MR) is 66.4 cm³/mol. The lowest BCUT2D eigenvalue weighted by Gasteiger charge is -2.20. The van der Waals surface area contributed by atoms with Crippen LogP contribution in [0.1, 0.15) is 11.7 Å². The van der Waals surface area contributed by atoms with Gasteiger partial charge < -0.3 is 15.5 Å². The van der Waals surface area contributed by atoms with E-state index >= 15 is 0 Å². The van der Waals surface area contributed by atoms with E-state index in [2.05, 4.69) is 5.32 Å². The van der Waals surface area contributed by atoms with Gasteiger partial charge in [0.05, 0.1) is 6.10 Å². The van der Waals surface area contributed by atoms with Gasteiger partial charge >= 0.3 is 0 Å². The first kappa shape index (κ1) is 14.0. The number of benzene rings is 1. The van der Waals surface area contributed by atoms with Crippen LogP contribution in [0, 0.1) is 0 Å². The summed E-state index contributed by atoms with van der Waals surface area (Å²) in [5.74, 6) is 0. The summed E-state index contributed by atoms with van der Waals surface area (Å²) in [6.45, 7) is 0.233. The van der Waals surface area contributed by atoms with Gasteiger partial charge in [-0.1, -0.05) is 34.8 Å². The summed E-state index contributed by atoms with van der Waals surface area (Å²) in [7, 11) is 1.67. The summed E-state index contributed by atoms with van der Waals surface area (Å²) in [6.07, 6.45) is -2.13. The summed E-state index contributed by atoms with van der Waals surface area (Å²) in [5.41, 5.74) is 0.287. The van der Waals surface area contributed by atoms with E-state index in [4.69, 9.17) is 34.8 Å². The van der Waals surface area contributed by atoms with E-state index in [0.29, 0.717) is 5.02 Å². The van der Waals surface area contributed by atoms with Crippen LogP contribution in [0.15, 0.2) is 12.1 Å². The first-order valence-electron chi connectivity index (χ1n) is 4.62. The highest BCUT2D eigenvalue weighted by Gasteiger charge is 2.23. The van der Waals surface area contributed by atoms with Crippen molar-refractivity contribution in [3.8, 4) is 0 Å². The second kappa shape index (κ2) is 6.05. The van der Waals surface area contributed by atoms with Gasteiger partial charge in [0, 0.05) is 27.2 Å². The molecule has 0 amide bonds. The van der Waals surface area contributed by atoms with Crippen LogP contribution >= 0.6 is 34.8 Å². The molecule has 0 bridgehead atoms. The second-order valence-electron chi connectivity index (χ2n) is 3.35. The molecular weight excluding hydrogens is 272 g/mol. The van der Waals surface area contributed by atoms with E-state index in [1.807, 2.05) is 0 Å². The molecule has 0 radical (unpaired) electrons. The Morgan fingerprint density at radius 1 is 1.19 bits per heavy atom. The van der Waals surface area contributed by atoms with Crippen molar-refractivity contribution in [2.75, 3.05) is 13.6 Å². The number of halogens is 3. The molecule has 0 aliphatic carbocycles. The third-order valence-electron chi connectivity index (χ3n) is 2.12. The van der Waals surface area contributed by atoms with Crippen molar-refractivity contribution in [3.63, 3.8) is 0 Å². The number of hydrogen-bond donors (Lipinski definition) is 3. The van der Waals surface area contributed by atoms with E-state index in [1.54, 1.807) is 7.05 Å². The minimum Gasteiger partial charge on any atom is -0.389 e. The molecule has 16 heavy (non-hydrogen) atoms. The molecule has 0 aliphatic heterocycles. The topological polar surface area (TPSA) is 52.5 Å². The van der Waals surface area contributed by atoms with Crippen LogP contribution in [0.4, 0.5) is 0 Å². The molecule has 0 aromatic heterocycles. The Balaban J connectivity index is 3.03. The normalized spacial score (nSPS) is 14.9. The summed E-state index contributed by atoms with van der Waals surface area (Å²) in [4.78, 5) is 0. The molecule has 3 nitrogen and oxygen atoms in total. The number of likely N-dealkylation sites (N-methyl/N-ethyl adjacent to an activating group) is 1. The van der Waals surface area contributed by atoms with Crippen LogP contribution in [0.5, 0.6) is 0 Å². The van der Waals surface area contributed by atoms with Crippen molar-refractivity contribution >= 4 is 34.8 Å². The molecule has 0 fully saturated rings. The lowest BCUT2D eigenvalue weighted by Crippen LogP contribution is -2.29. The van der Waals surface area contributed by atoms with Gasteiger partial charge in [-0.3, -0.25) is 0 Å². The molecule has 0 saturated carbocycles. The van der Waals surface area contributed by atoms with Gasteiger partial charge in [-0.25, -0.2) is 0 Å². The fourth-order valence-corrected chi connectivity index (χ4v) is 2.39. The number of aliphatic hydroxyl groups is 2. The van der Waals surface area contributed by atoms with E-state index in [0.717, 1.165) is 0 Å². The zero-order valence-electron chi connectivity index (χ0n) is 8.54. The molecule has 1 aromatic carbocycles. The van der Waals surface area contributed by atoms with Gasteiger partial charge in [-0.15, -0.1) is 0 Å². The smallest absolute Gasteiger partial charge is 0.109 e. The van der Waals surface area contributed by atoms with Gasteiger partial charge in [0.1, 0.15) is 6.10 Å². The highest BCUT2D eigenvalue weighted by molar-refractivity contribution is 6.39. The predicted octanol–water partition coefficient (Wildman–Crippen LogP) is 2.26. The van der Waals surface area contributed by atoms with Gasteiger partial charge in [0.25, 0.3) is 0 Å². The molecular formula is C10H12Cl3NO2. The molecule has 0 heterocycles. The minimum atomic E-state index is -1.15. The fraction of sp³-hybridized carbons (Fsp3) is 0.400. The van der Waals surface area contributed by atoms with Crippen molar-refractivity contribution in [3.05, 3.63) is 32.8 Å². The van der Waals surface area contributed by atoms with Gasteiger partial charge in [-0.05, 0) is 19.2 Å². The highest BCUT2D eigenvalue weighted by atomic mass is 35.5. The Morgan fingerprint density at radius 3 is 2.12 bits per heavy atom. The number of nitrogens with one attached hydrogen (secondary N) is 1. The maximum absolute atomic E-state index is 9.87. The highest BCUT2D eigenvalue weighted by Crippen LogP contribution is 2.34. The number of rotatable bonds is 4. The van der Waals surface area contributed by atoms with Gasteiger partial charge in [0.15, 0.2) is 0 Å². The monoisotopic (exact) mass is 283 g/mol. The first-order chi connectivity index (χ1) is 7.47. The molecule has 90 valence electrons. The molecule has 1 aromatic rings. The Labute approximate surface area is 109 Å². The van der Waals surface area contributed by atoms with E-state index in [-0.39, 0.29) is 22.2 Å². The van der Waals surface area contributed by atoms with Crippen LogP contribution in [0.3, 0.4) is 0 Å². The largest absolute Gasteiger partial charge is 0.389 e. The maximum atomic E-state index is 9.87. The van der Waals surface area contributed by atoms with Gasteiger partial charge in [0.2, 0.25) is 0 Å². The third kappa shape index (κ3) is 3.23. The average Bonchev–Trinajstić information content (AvgIpc) is 2.16. The average molecular weight is 285 g/mol.